The molecule has 32 heavy (non-hydrogen) atoms. The first kappa shape index (κ1) is 24.2. The lowest BCUT2D eigenvalue weighted by Gasteiger charge is -2.22. The lowest BCUT2D eigenvalue weighted by molar-refractivity contribution is -0.117. The molecule has 2 fully saturated rings. The molecule has 2 unspecified atom stereocenters. The van der Waals surface area contributed by atoms with Crippen molar-refractivity contribution in [1.82, 2.24) is 10.6 Å². The Morgan fingerprint density at radius 3 is 2.62 bits per heavy atom. The van der Waals surface area contributed by atoms with Crippen molar-refractivity contribution in [3.63, 3.8) is 0 Å². The fourth-order valence-electron chi connectivity index (χ4n) is 4.40. The first-order valence-electron chi connectivity index (χ1n) is 10.9. The molecule has 7 nitrogen and oxygen atoms in total. The van der Waals surface area contributed by atoms with Crippen molar-refractivity contribution < 1.29 is 9.53 Å². The fraction of sp³-hybridized carbons (Fsp3) is 0.417. The Kier molecular flexibility index (Phi) is 8.60. The molecule has 2 heterocycles. The van der Waals surface area contributed by atoms with E-state index in [1.54, 1.807) is 14.2 Å². The second-order valence-electron chi connectivity index (χ2n) is 8.11. The van der Waals surface area contributed by atoms with Crippen LogP contribution in [0, 0.1) is 5.92 Å². The van der Waals surface area contributed by atoms with Crippen LogP contribution in [0.15, 0.2) is 59.6 Å². The monoisotopic (exact) mass is 549 g/mol. The van der Waals surface area contributed by atoms with Crippen LogP contribution < -0.4 is 25.2 Å². The van der Waals surface area contributed by atoms with E-state index >= 15 is 0 Å². The Hall–Kier alpha value is -2.49. The van der Waals surface area contributed by atoms with Crippen molar-refractivity contribution in [3.8, 4) is 5.75 Å². The maximum atomic E-state index is 12.5. The van der Waals surface area contributed by atoms with Gasteiger partial charge in [0.25, 0.3) is 0 Å². The zero-order chi connectivity index (χ0) is 21.6. The molecule has 2 aliphatic heterocycles. The minimum atomic E-state index is 0. The van der Waals surface area contributed by atoms with Gasteiger partial charge in [0.2, 0.25) is 5.91 Å². The summed E-state index contributed by atoms with van der Waals surface area (Å²) in [5, 5.41) is 6.88. The van der Waals surface area contributed by atoms with Gasteiger partial charge in [0.15, 0.2) is 5.96 Å². The smallest absolute Gasteiger partial charge is 0.229 e. The predicted molar refractivity (Wildman–Crippen MR) is 140 cm³/mol. The normalized spacial score (nSPS) is 20.8. The van der Waals surface area contributed by atoms with Crippen molar-refractivity contribution in [1.29, 1.82) is 0 Å². The lowest BCUT2D eigenvalue weighted by atomic mass is 10.1. The van der Waals surface area contributed by atoms with E-state index in [1.807, 2.05) is 47.4 Å². The third-order valence-corrected chi connectivity index (χ3v) is 6.03. The SMILES string of the molecule is CN=C(NCC1CCN(c2ccccc2OC)C1)NC1CC(=O)N(c2ccccc2)C1.I. The van der Waals surface area contributed by atoms with Crippen LogP contribution in [0.2, 0.25) is 0 Å². The van der Waals surface area contributed by atoms with E-state index in [-0.39, 0.29) is 35.9 Å². The molecule has 0 aromatic heterocycles. The molecule has 0 aliphatic carbocycles. The summed E-state index contributed by atoms with van der Waals surface area (Å²) in [7, 11) is 3.49. The summed E-state index contributed by atoms with van der Waals surface area (Å²) in [4.78, 5) is 21.0. The van der Waals surface area contributed by atoms with Gasteiger partial charge in [-0.15, -0.1) is 24.0 Å². The Balaban J connectivity index is 0.00000289. The first-order valence-corrected chi connectivity index (χ1v) is 10.9. The lowest BCUT2D eigenvalue weighted by Crippen LogP contribution is -2.46. The number of ether oxygens (including phenoxy) is 1. The molecule has 2 atom stereocenters. The van der Waals surface area contributed by atoms with Gasteiger partial charge in [0.05, 0.1) is 18.8 Å². The van der Waals surface area contributed by atoms with E-state index in [0.717, 1.165) is 49.1 Å². The number of carbonyl (C=O) groups excluding carboxylic acids is 1. The Morgan fingerprint density at radius 2 is 1.88 bits per heavy atom. The third kappa shape index (κ3) is 5.65. The number of rotatable bonds is 6. The summed E-state index contributed by atoms with van der Waals surface area (Å²) in [6, 6.07) is 18.0. The zero-order valence-corrected chi connectivity index (χ0v) is 21.0. The van der Waals surface area contributed by atoms with Gasteiger partial charge < -0.3 is 25.2 Å². The maximum Gasteiger partial charge on any atom is 0.229 e. The van der Waals surface area contributed by atoms with Crippen LogP contribution in [0.5, 0.6) is 5.75 Å². The predicted octanol–water partition coefficient (Wildman–Crippen LogP) is 3.11. The van der Waals surface area contributed by atoms with Gasteiger partial charge in [-0.25, -0.2) is 0 Å². The van der Waals surface area contributed by atoms with E-state index < -0.39 is 0 Å². The topological polar surface area (TPSA) is 69.2 Å². The second-order valence-corrected chi connectivity index (χ2v) is 8.11. The van der Waals surface area contributed by atoms with Gasteiger partial charge in [0.1, 0.15) is 5.75 Å². The molecular weight excluding hydrogens is 517 g/mol. The first-order chi connectivity index (χ1) is 15.2. The largest absolute Gasteiger partial charge is 0.495 e. The minimum Gasteiger partial charge on any atom is -0.495 e. The maximum absolute atomic E-state index is 12.5. The summed E-state index contributed by atoms with van der Waals surface area (Å²) < 4.78 is 5.51. The number of nitrogens with zero attached hydrogens (tertiary/aromatic N) is 3. The summed E-state index contributed by atoms with van der Waals surface area (Å²) >= 11 is 0. The number of amides is 1. The van der Waals surface area contributed by atoms with Crippen LogP contribution in [0.4, 0.5) is 11.4 Å². The van der Waals surface area contributed by atoms with Crippen LogP contribution in [-0.2, 0) is 4.79 Å². The van der Waals surface area contributed by atoms with Gasteiger partial charge >= 0.3 is 0 Å². The molecule has 8 heteroatoms. The fourth-order valence-corrected chi connectivity index (χ4v) is 4.40. The molecule has 0 bridgehead atoms. The number of nitrogens with one attached hydrogen (secondary N) is 2. The molecule has 0 radical (unpaired) electrons. The number of guanidine groups is 1. The van der Waals surface area contributed by atoms with Gasteiger partial charge in [-0.2, -0.15) is 0 Å². The highest BCUT2D eigenvalue weighted by Crippen LogP contribution is 2.31. The Labute approximate surface area is 207 Å². The molecule has 0 saturated carbocycles. The molecular formula is C24H32IN5O2. The van der Waals surface area contributed by atoms with E-state index in [2.05, 4.69) is 32.7 Å². The molecule has 1 amide bonds. The van der Waals surface area contributed by atoms with Crippen molar-refractivity contribution >= 4 is 47.2 Å². The number of methoxy groups -OCH3 is 1. The highest BCUT2D eigenvalue weighted by atomic mass is 127. The number of hydrogen-bond donors (Lipinski definition) is 2. The van der Waals surface area contributed by atoms with Crippen molar-refractivity contribution in [2.75, 3.05) is 50.1 Å². The number of aliphatic imine (C=N–C) groups is 1. The molecule has 172 valence electrons. The third-order valence-electron chi connectivity index (χ3n) is 6.03. The van der Waals surface area contributed by atoms with Crippen LogP contribution >= 0.6 is 24.0 Å². The summed E-state index contributed by atoms with van der Waals surface area (Å²) in [6.07, 6.45) is 1.59. The number of anilines is 2. The molecule has 2 aromatic rings. The van der Waals surface area contributed by atoms with Gasteiger partial charge in [0, 0.05) is 45.3 Å². The Morgan fingerprint density at radius 1 is 1.12 bits per heavy atom. The molecule has 0 spiro atoms. The van der Waals surface area contributed by atoms with Gasteiger partial charge in [-0.1, -0.05) is 30.3 Å². The summed E-state index contributed by atoms with van der Waals surface area (Å²) in [6.45, 7) is 3.49. The molecule has 4 rings (SSSR count). The number of halogens is 1. The zero-order valence-electron chi connectivity index (χ0n) is 18.7. The minimum absolute atomic E-state index is 0. The highest BCUT2D eigenvalue weighted by molar-refractivity contribution is 14.0. The number of benzene rings is 2. The van der Waals surface area contributed by atoms with Crippen molar-refractivity contribution in [2.45, 2.75) is 18.9 Å². The van der Waals surface area contributed by atoms with E-state index in [9.17, 15) is 4.79 Å². The van der Waals surface area contributed by atoms with Crippen molar-refractivity contribution in [3.05, 3.63) is 54.6 Å². The number of hydrogen-bond acceptors (Lipinski definition) is 4. The molecule has 2 aliphatic rings. The molecule has 2 saturated heterocycles. The number of para-hydroxylation sites is 3. The second kappa shape index (κ2) is 11.4. The summed E-state index contributed by atoms with van der Waals surface area (Å²) in [5.74, 6) is 2.34. The van der Waals surface area contributed by atoms with Crippen LogP contribution in [0.1, 0.15) is 12.8 Å². The van der Waals surface area contributed by atoms with Crippen LogP contribution in [-0.4, -0.2) is 58.2 Å². The molecule has 2 N–H and O–H groups in total. The quantitative estimate of drug-likeness (QED) is 0.330. The van der Waals surface area contributed by atoms with Crippen LogP contribution in [0.3, 0.4) is 0 Å². The van der Waals surface area contributed by atoms with Crippen LogP contribution in [0.25, 0.3) is 0 Å². The van der Waals surface area contributed by atoms with Crippen molar-refractivity contribution in [2.24, 2.45) is 10.9 Å². The average Bonchev–Trinajstić information content (AvgIpc) is 3.43. The van der Waals surface area contributed by atoms with Gasteiger partial charge in [-0.3, -0.25) is 9.79 Å². The number of carbonyl (C=O) groups is 1. The highest BCUT2D eigenvalue weighted by Gasteiger charge is 2.31. The summed E-state index contributed by atoms with van der Waals surface area (Å²) in [5.41, 5.74) is 2.10. The van der Waals surface area contributed by atoms with E-state index in [1.165, 1.54) is 0 Å². The Bertz CT molecular complexity index is 924. The van der Waals surface area contributed by atoms with E-state index in [4.69, 9.17) is 4.74 Å². The molecule has 2 aromatic carbocycles. The standard InChI is InChI=1S/C24H31N5O2.HI/c1-25-24(27-19-14-23(30)29(17-19)20-8-4-3-5-9-20)26-15-18-12-13-28(16-18)21-10-6-7-11-22(21)31-2;/h3-11,18-19H,12-17H2,1-2H3,(H2,25,26,27);1H. The van der Waals surface area contributed by atoms with Gasteiger partial charge in [-0.05, 0) is 36.6 Å². The van der Waals surface area contributed by atoms with E-state index in [0.29, 0.717) is 18.9 Å². The average molecular weight is 549 g/mol.